The second kappa shape index (κ2) is 24.9. The number of carbonyl (C=O) groups is 1. The molecule has 1 aliphatic heterocycles. The van der Waals surface area contributed by atoms with Gasteiger partial charge in [0.25, 0.3) is 25.8 Å². The molecule has 1 heterocycles. The van der Waals surface area contributed by atoms with E-state index in [1.807, 2.05) is 76.4 Å². The molecule has 75 heavy (non-hydrogen) atoms. The molecule has 1 aliphatic rings. The van der Waals surface area contributed by atoms with Crippen LogP contribution in [0.5, 0.6) is 0 Å². The number of hydrogen-bond acceptors (Lipinski definition) is 14. The molecule has 408 valence electrons. The highest BCUT2D eigenvalue weighted by Crippen LogP contribution is 2.55. The Morgan fingerprint density at radius 3 is 2.04 bits per heavy atom. The molecular formula is C53H65ClF3N4O10PS3. The van der Waals surface area contributed by atoms with Crippen LogP contribution in [0.1, 0.15) is 82.8 Å². The van der Waals surface area contributed by atoms with Gasteiger partial charge in [-0.05, 0) is 164 Å². The van der Waals surface area contributed by atoms with Gasteiger partial charge in [-0.25, -0.2) is 26.1 Å². The zero-order valence-electron chi connectivity index (χ0n) is 42.8. The summed E-state index contributed by atoms with van der Waals surface area (Å²) in [5.74, 6) is -0.890. The van der Waals surface area contributed by atoms with E-state index in [9.17, 15) is 44.5 Å². The van der Waals surface area contributed by atoms with Crippen LogP contribution in [0.4, 0.5) is 24.5 Å². The number of benzene rings is 5. The fourth-order valence-corrected chi connectivity index (χ4v) is 13.2. The fourth-order valence-electron chi connectivity index (χ4n) is 8.24. The number of sulfonamides is 1. The van der Waals surface area contributed by atoms with Crippen molar-refractivity contribution in [2.45, 2.75) is 104 Å². The van der Waals surface area contributed by atoms with Gasteiger partial charge in [-0.3, -0.25) is 18.4 Å². The van der Waals surface area contributed by atoms with E-state index < -0.39 is 77.9 Å². The average molecular weight is 1140 g/mol. The van der Waals surface area contributed by atoms with E-state index in [4.69, 9.17) is 25.2 Å². The number of aliphatic hydroxyl groups is 1. The first-order chi connectivity index (χ1) is 35.0. The second-order valence-corrected chi connectivity index (χ2v) is 26.8. The van der Waals surface area contributed by atoms with Crippen LogP contribution in [0.2, 0.25) is 5.02 Å². The van der Waals surface area contributed by atoms with Gasteiger partial charge >= 0.3 is 13.3 Å². The molecule has 0 spiro atoms. The molecule has 1 saturated heterocycles. The molecule has 6 rings (SSSR count). The summed E-state index contributed by atoms with van der Waals surface area (Å²) in [7, 11) is -13.4. The van der Waals surface area contributed by atoms with E-state index in [0.717, 1.165) is 39.4 Å². The van der Waals surface area contributed by atoms with Crippen LogP contribution in [0.15, 0.2) is 136 Å². The number of nitrogens with one attached hydrogen (secondary N) is 2. The van der Waals surface area contributed by atoms with Crippen molar-refractivity contribution in [1.82, 2.24) is 9.62 Å². The Kier molecular flexibility index (Phi) is 19.8. The van der Waals surface area contributed by atoms with Crippen LogP contribution in [0.3, 0.4) is 0 Å². The molecule has 14 nitrogen and oxygen atoms in total. The molecule has 5 aromatic carbocycles. The Hall–Kier alpha value is -4.47. The lowest BCUT2D eigenvalue weighted by atomic mass is 9.84. The van der Waals surface area contributed by atoms with Gasteiger partial charge in [0.1, 0.15) is 4.90 Å². The lowest BCUT2D eigenvalue weighted by molar-refractivity contribution is -0.0436. The van der Waals surface area contributed by atoms with E-state index in [0.29, 0.717) is 43.6 Å². The molecule has 2 atom stereocenters. The summed E-state index contributed by atoms with van der Waals surface area (Å²) in [4.78, 5) is 15.9. The molecular weight excluding hydrogens is 1070 g/mol. The van der Waals surface area contributed by atoms with Crippen molar-refractivity contribution in [2.24, 2.45) is 5.92 Å². The lowest BCUT2D eigenvalue weighted by Crippen LogP contribution is -2.36. The third-order valence-corrected chi connectivity index (χ3v) is 18.2. The predicted octanol–water partition coefficient (Wildman–Crippen LogP) is 12.0. The topological polar surface area (TPSA) is 181 Å². The standard InChI is InChI=1S/C53H65ClF3N4O10PS3/c1-51(2,3)70-72(64,71-52(4,5)6)69-34-33-60(7)30-29-41(36-73-43-13-9-8-10-14-43)58-47-26-25-44(35-48(47)74(65,66)53(55,56)57)75(67,68)59-50(63)39-19-23-42(24-20-39)61-31-27-38(28-32-61)49(62)46-16-12-11-15-45(46)37-17-21-40(54)22-18-37/h8-26,35,38,41,49,58,62H,27-34,36H2,1-7H3,(H,59,63)/t41?,49-/m1/s1. The number of nitrogens with zero attached hydrogens (tertiary/aromatic N) is 2. The number of anilines is 2. The smallest absolute Gasteiger partial charge is 0.388 e. The number of rotatable bonds is 22. The molecule has 0 bridgehead atoms. The average Bonchev–Trinajstić information content (AvgIpc) is 3.33. The Morgan fingerprint density at radius 1 is 0.840 bits per heavy atom. The molecule has 0 aromatic heterocycles. The third-order valence-electron chi connectivity index (χ3n) is 11.9. The maximum absolute atomic E-state index is 14.4. The van der Waals surface area contributed by atoms with Gasteiger partial charge in [0.2, 0.25) is 0 Å². The molecule has 22 heteroatoms. The number of amides is 1. The molecule has 1 fully saturated rings. The minimum absolute atomic E-state index is 0.0379. The van der Waals surface area contributed by atoms with Crippen molar-refractivity contribution in [1.29, 1.82) is 0 Å². The molecule has 0 radical (unpaired) electrons. The van der Waals surface area contributed by atoms with Crippen LogP contribution < -0.4 is 14.9 Å². The zero-order valence-corrected chi connectivity index (χ0v) is 46.9. The van der Waals surface area contributed by atoms with Crippen molar-refractivity contribution in [3.05, 3.63) is 137 Å². The first-order valence-corrected chi connectivity index (χ1v) is 30.0. The van der Waals surface area contributed by atoms with Gasteiger partial charge in [-0.15, -0.1) is 11.8 Å². The molecule has 1 unspecified atom stereocenters. The van der Waals surface area contributed by atoms with Crippen LogP contribution in [-0.4, -0.2) is 101 Å². The summed E-state index contributed by atoms with van der Waals surface area (Å²) in [5, 5.41) is 15.1. The number of alkyl halides is 3. The number of sulfone groups is 1. The molecule has 0 aliphatic carbocycles. The number of likely N-dealkylation sites (N-methyl/N-ethyl adjacent to an activating group) is 1. The molecule has 1 amide bonds. The highest BCUT2D eigenvalue weighted by atomic mass is 35.5. The number of thioether (sulfide) groups is 1. The van der Waals surface area contributed by atoms with Gasteiger partial charge in [-0.1, -0.05) is 66.2 Å². The van der Waals surface area contributed by atoms with Crippen molar-refractivity contribution >= 4 is 68.3 Å². The summed E-state index contributed by atoms with van der Waals surface area (Å²) in [6, 6.07) is 31.9. The highest BCUT2D eigenvalue weighted by molar-refractivity contribution is 7.99. The second-order valence-electron chi connectivity index (χ2n) is 20.2. The lowest BCUT2D eigenvalue weighted by Gasteiger charge is -2.36. The minimum atomic E-state index is -6.17. The summed E-state index contributed by atoms with van der Waals surface area (Å²) in [6.45, 7) is 11.9. The first kappa shape index (κ1) is 59.8. The number of halogens is 4. The summed E-state index contributed by atoms with van der Waals surface area (Å²) >= 11 is 7.48. The zero-order chi connectivity index (χ0) is 55.0. The van der Waals surface area contributed by atoms with Gasteiger partial charge in [-0.2, -0.15) is 13.2 Å². The van der Waals surface area contributed by atoms with Gasteiger partial charge in [0.15, 0.2) is 0 Å². The molecule has 5 aromatic rings. The van der Waals surface area contributed by atoms with Crippen LogP contribution in [0.25, 0.3) is 11.1 Å². The summed E-state index contributed by atoms with van der Waals surface area (Å²) in [6.07, 6.45) is 0.839. The summed E-state index contributed by atoms with van der Waals surface area (Å²) < 4.78 is 129. The maximum atomic E-state index is 14.4. The van der Waals surface area contributed by atoms with Crippen molar-refractivity contribution in [2.75, 3.05) is 55.8 Å². The summed E-state index contributed by atoms with van der Waals surface area (Å²) in [5.41, 5.74) is -4.69. The Labute approximate surface area is 448 Å². The van der Waals surface area contributed by atoms with E-state index >= 15 is 0 Å². The van der Waals surface area contributed by atoms with E-state index in [2.05, 4.69) is 10.2 Å². The van der Waals surface area contributed by atoms with Crippen LogP contribution >= 0.6 is 31.2 Å². The monoisotopic (exact) mass is 1140 g/mol. The highest BCUT2D eigenvalue weighted by Gasteiger charge is 2.48. The third kappa shape index (κ3) is 17.0. The SMILES string of the molecule is CN(CCOP(=O)(OC(C)(C)C)OC(C)(C)C)CCC(CSc1ccccc1)Nc1ccc(S(=O)(=O)NC(=O)c2ccc(N3CCC([C@@H](O)c4ccccc4-c4ccc(Cl)cc4)CC3)cc2)cc1S(=O)(=O)C(F)(F)F. The van der Waals surface area contributed by atoms with Crippen molar-refractivity contribution in [3.8, 4) is 11.1 Å². The minimum Gasteiger partial charge on any atom is -0.388 e. The normalized spacial score (nSPS) is 15.2. The Bertz CT molecular complexity index is 2970. The van der Waals surface area contributed by atoms with Crippen LogP contribution in [0, 0.1) is 5.92 Å². The Morgan fingerprint density at radius 2 is 1.44 bits per heavy atom. The maximum Gasteiger partial charge on any atom is 0.501 e. The van der Waals surface area contributed by atoms with Gasteiger partial charge in [0.05, 0.1) is 34.5 Å². The number of carbonyl (C=O) groups excluding carboxylic acids is 1. The Balaban J connectivity index is 1.13. The first-order valence-electron chi connectivity index (χ1n) is 24.2. The molecule has 3 N–H and O–H groups in total. The van der Waals surface area contributed by atoms with E-state index in [1.165, 1.54) is 23.9 Å². The predicted molar refractivity (Wildman–Crippen MR) is 289 cm³/mol. The van der Waals surface area contributed by atoms with Crippen molar-refractivity contribution < 1.29 is 58.0 Å². The van der Waals surface area contributed by atoms with Crippen LogP contribution in [-0.2, 0) is 38.0 Å². The van der Waals surface area contributed by atoms with E-state index in [1.54, 1.807) is 72.9 Å². The van der Waals surface area contributed by atoms with Gasteiger partial charge in [0, 0.05) is 52.6 Å². The number of piperidine rings is 1. The largest absolute Gasteiger partial charge is 0.501 e. The van der Waals surface area contributed by atoms with E-state index in [-0.39, 0.29) is 36.8 Å². The number of phosphoric ester groups is 1. The fraction of sp³-hybridized carbons (Fsp3) is 0.415. The number of hydrogen-bond donors (Lipinski definition) is 3. The number of aliphatic hydroxyl groups excluding tert-OH is 1. The number of phosphoric acid groups is 1. The van der Waals surface area contributed by atoms with Crippen molar-refractivity contribution in [3.63, 3.8) is 0 Å². The van der Waals surface area contributed by atoms with Gasteiger partial charge < -0.3 is 20.2 Å². The quantitative estimate of drug-likeness (QED) is 0.0440. The molecule has 0 saturated carbocycles.